The molecule has 0 radical (unpaired) electrons. The summed E-state index contributed by atoms with van der Waals surface area (Å²) in [5.41, 5.74) is 1.33. The Kier molecular flexibility index (Phi) is 4.91. The summed E-state index contributed by atoms with van der Waals surface area (Å²) in [6.07, 6.45) is 0.309. The predicted molar refractivity (Wildman–Crippen MR) is 100 cm³/mol. The minimum absolute atomic E-state index is 0.0172. The van der Waals surface area contributed by atoms with Gasteiger partial charge in [-0.25, -0.2) is 4.98 Å². The third-order valence-electron chi connectivity index (χ3n) is 3.50. The van der Waals surface area contributed by atoms with E-state index >= 15 is 0 Å². The number of carbonyl (C=O) groups is 1. The maximum atomic E-state index is 12.2. The zero-order valence-electron chi connectivity index (χ0n) is 13.6. The fourth-order valence-electron chi connectivity index (χ4n) is 2.39. The Balaban J connectivity index is 1.77. The first-order chi connectivity index (χ1) is 11.9. The molecule has 2 aromatic heterocycles. The highest BCUT2D eigenvalue weighted by molar-refractivity contribution is 7.16. The number of aryl methyl sites for hydroxylation is 2. The Morgan fingerprint density at radius 1 is 1.24 bits per heavy atom. The van der Waals surface area contributed by atoms with Gasteiger partial charge in [0.1, 0.15) is 0 Å². The van der Waals surface area contributed by atoms with E-state index in [1.54, 1.807) is 23.5 Å². The second-order valence-corrected chi connectivity index (χ2v) is 8.04. The zero-order chi connectivity index (χ0) is 18.0. The fraction of sp³-hybridized carbons (Fsp3) is 0.176. The number of thiophene rings is 1. The summed E-state index contributed by atoms with van der Waals surface area (Å²) in [6, 6.07) is 10.3. The molecule has 1 aromatic carbocycles. The number of hydrogen-bond acceptors (Lipinski definition) is 6. The molecular formula is C17H15N3O3S2. The highest BCUT2D eigenvalue weighted by Gasteiger charge is 2.15. The van der Waals surface area contributed by atoms with Gasteiger partial charge < -0.3 is 5.32 Å². The topological polar surface area (TPSA) is 85.1 Å². The summed E-state index contributed by atoms with van der Waals surface area (Å²) < 4.78 is 0. The Morgan fingerprint density at radius 2 is 2.04 bits per heavy atom. The Bertz CT molecular complexity index is 946. The largest absolute Gasteiger partial charge is 0.302 e. The van der Waals surface area contributed by atoms with Gasteiger partial charge in [0.25, 0.3) is 5.69 Å². The van der Waals surface area contributed by atoms with E-state index in [4.69, 9.17) is 0 Å². The van der Waals surface area contributed by atoms with Crippen LogP contribution in [0, 0.1) is 24.0 Å². The molecule has 0 aliphatic carbocycles. The minimum atomic E-state index is -0.434. The number of nitro benzene ring substituents is 1. The van der Waals surface area contributed by atoms with Crippen molar-refractivity contribution >= 4 is 39.4 Å². The lowest BCUT2D eigenvalue weighted by Crippen LogP contribution is -2.13. The van der Waals surface area contributed by atoms with E-state index in [9.17, 15) is 14.9 Å². The molecule has 0 spiro atoms. The van der Waals surface area contributed by atoms with Crippen LogP contribution >= 0.6 is 22.7 Å². The summed E-state index contributed by atoms with van der Waals surface area (Å²) in [5, 5.41) is 14.2. The molecule has 128 valence electrons. The van der Waals surface area contributed by atoms with Crippen molar-refractivity contribution in [2.24, 2.45) is 0 Å². The molecule has 0 fully saturated rings. The molecule has 1 amide bonds. The zero-order valence-corrected chi connectivity index (χ0v) is 15.2. The lowest BCUT2D eigenvalue weighted by atomic mass is 10.1. The third-order valence-corrected chi connectivity index (χ3v) is 5.39. The van der Waals surface area contributed by atoms with Crippen LogP contribution in [-0.4, -0.2) is 15.8 Å². The van der Waals surface area contributed by atoms with Crippen LogP contribution in [-0.2, 0) is 11.2 Å². The molecule has 0 saturated heterocycles. The van der Waals surface area contributed by atoms with Gasteiger partial charge in [0.15, 0.2) is 5.13 Å². The molecule has 0 aliphatic heterocycles. The van der Waals surface area contributed by atoms with E-state index in [0.29, 0.717) is 22.8 Å². The number of nitrogens with zero attached hydrogens (tertiary/aromatic N) is 2. The van der Waals surface area contributed by atoms with Gasteiger partial charge in [-0.15, -0.1) is 22.7 Å². The molecule has 0 atom stereocenters. The van der Waals surface area contributed by atoms with E-state index in [-0.39, 0.29) is 11.6 Å². The Labute approximate surface area is 152 Å². The van der Waals surface area contributed by atoms with Gasteiger partial charge in [-0.1, -0.05) is 12.1 Å². The number of amides is 1. The van der Waals surface area contributed by atoms with E-state index in [1.807, 2.05) is 26.0 Å². The summed E-state index contributed by atoms with van der Waals surface area (Å²) in [5.74, 6) is -0.124. The number of aromatic nitrogens is 1. The lowest BCUT2D eigenvalue weighted by molar-refractivity contribution is -0.384. The summed E-state index contributed by atoms with van der Waals surface area (Å²) in [6.45, 7) is 3.88. The smallest absolute Gasteiger partial charge is 0.270 e. The van der Waals surface area contributed by atoms with Gasteiger partial charge in [0.05, 0.1) is 17.0 Å². The quantitative estimate of drug-likeness (QED) is 0.524. The van der Waals surface area contributed by atoms with Crippen molar-refractivity contribution in [1.82, 2.24) is 4.98 Å². The van der Waals surface area contributed by atoms with Gasteiger partial charge in [-0.2, -0.15) is 0 Å². The average molecular weight is 373 g/mol. The minimum Gasteiger partial charge on any atom is -0.302 e. The van der Waals surface area contributed by atoms with Crippen LogP contribution in [0.2, 0.25) is 0 Å². The molecular weight excluding hydrogens is 358 g/mol. The standard InChI is InChI=1S/C17H15N3O3S2/c1-10-6-7-14(24-10)9-15(21)18-17-19-16(11(2)25-17)12-4-3-5-13(8-12)20(22)23/h3-8H,9H2,1-2H3,(H,18,19,21). The van der Waals surface area contributed by atoms with Crippen molar-refractivity contribution in [3.63, 3.8) is 0 Å². The van der Waals surface area contributed by atoms with Crippen molar-refractivity contribution in [1.29, 1.82) is 0 Å². The van der Waals surface area contributed by atoms with Crippen molar-refractivity contribution < 1.29 is 9.72 Å². The summed E-state index contributed by atoms with van der Waals surface area (Å²) in [4.78, 5) is 30.2. The van der Waals surface area contributed by atoms with Gasteiger partial charge in [0, 0.05) is 32.3 Å². The average Bonchev–Trinajstić information content (AvgIpc) is 3.13. The van der Waals surface area contributed by atoms with Gasteiger partial charge in [-0.3, -0.25) is 14.9 Å². The van der Waals surface area contributed by atoms with Crippen LogP contribution in [0.15, 0.2) is 36.4 Å². The highest BCUT2D eigenvalue weighted by atomic mass is 32.1. The Hall–Kier alpha value is -2.58. The van der Waals surface area contributed by atoms with E-state index < -0.39 is 4.92 Å². The molecule has 0 bridgehead atoms. The third kappa shape index (κ3) is 4.09. The van der Waals surface area contributed by atoms with Crippen LogP contribution in [0.4, 0.5) is 10.8 Å². The van der Waals surface area contributed by atoms with E-state index in [2.05, 4.69) is 10.3 Å². The number of nitrogens with one attached hydrogen (secondary N) is 1. The number of carbonyl (C=O) groups excluding carboxylic acids is 1. The molecule has 0 saturated carbocycles. The number of non-ortho nitro benzene ring substituents is 1. The van der Waals surface area contributed by atoms with Crippen LogP contribution < -0.4 is 5.32 Å². The molecule has 25 heavy (non-hydrogen) atoms. The monoisotopic (exact) mass is 373 g/mol. The first-order valence-corrected chi connectivity index (χ1v) is 9.13. The lowest BCUT2D eigenvalue weighted by Gasteiger charge is -2.00. The van der Waals surface area contributed by atoms with Crippen molar-refractivity contribution in [3.8, 4) is 11.3 Å². The van der Waals surface area contributed by atoms with E-state index in [0.717, 1.165) is 9.75 Å². The highest BCUT2D eigenvalue weighted by Crippen LogP contribution is 2.32. The number of nitro groups is 1. The second-order valence-electron chi connectivity index (χ2n) is 5.47. The summed E-state index contributed by atoms with van der Waals surface area (Å²) >= 11 is 2.95. The van der Waals surface area contributed by atoms with Crippen LogP contribution in [0.25, 0.3) is 11.3 Å². The number of hydrogen-bond donors (Lipinski definition) is 1. The molecule has 0 unspecified atom stereocenters. The van der Waals surface area contributed by atoms with Gasteiger partial charge in [-0.05, 0) is 26.0 Å². The molecule has 3 aromatic rings. The van der Waals surface area contributed by atoms with Crippen LogP contribution in [0.3, 0.4) is 0 Å². The fourth-order valence-corrected chi connectivity index (χ4v) is 4.13. The molecule has 3 rings (SSSR count). The molecule has 1 N–H and O–H groups in total. The normalized spacial score (nSPS) is 10.6. The molecule has 6 nitrogen and oxygen atoms in total. The number of anilines is 1. The first-order valence-electron chi connectivity index (χ1n) is 7.50. The first kappa shape index (κ1) is 17.2. The number of benzene rings is 1. The maximum Gasteiger partial charge on any atom is 0.270 e. The SMILES string of the molecule is Cc1ccc(CC(=O)Nc2nc(-c3cccc([N+](=O)[O-])c3)c(C)s2)s1. The van der Waals surface area contributed by atoms with Crippen LogP contribution in [0.1, 0.15) is 14.6 Å². The predicted octanol–water partition coefficient (Wildman–Crippen LogP) is 4.58. The van der Waals surface area contributed by atoms with Crippen molar-refractivity contribution in [2.45, 2.75) is 20.3 Å². The van der Waals surface area contributed by atoms with Gasteiger partial charge >= 0.3 is 0 Å². The second kappa shape index (κ2) is 7.12. The van der Waals surface area contributed by atoms with Crippen molar-refractivity contribution in [2.75, 3.05) is 5.32 Å². The molecule has 8 heteroatoms. The van der Waals surface area contributed by atoms with Gasteiger partial charge in [0.2, 0.25) is 5.91 Å². The van der Waals surface area contributed by atoms with E-state index in [1.165, 1.54) is 28.3 Å². The van der Waals surface area contributed by atoms with Crippen molar-refractivity contribution in [3.05, 3.63) is 61.1 Å². The molecule has 2 heterocycles. The number of thiazole rings is 1. The Morgan fingerprint density at radius 3 is 2.72 bits per heavy atom. The maximum absolute atomic E-state index is 12.2. The van der Waals surface area contributed by atoms with Crippen LogP contribution in [0.5, 0.6) is 0 Å². The summed E-state index contributed by atoms with van der Waals surface area (Å²) in [7, 11) is 0. The number of rotatable bonds is 5. The molecule has 0 aliphatic rings.